The fourth-order valence-corrected chi connectivity index (χ4v) is 2.89. The molecule has 1 aromatic heterocycles. The number of nitrogens with two attached hydrogens (primary N) is 1. The Kier molecular flexibility index (Phi) is 3.59. The highest BCUT2D eigenvalue weighted by molar-refractivity contribution is 7.89. The monoisotopic (exact) mass is 280 g/mol. The number of aryl methyl sites for hydroxylation is 2. The molecule has 0 aliphatic heterocycles. The van der Waals surface area contributed by atoms with Crippen LogP contribution in [-0.4, -0.2) is 18.2 Å². The van der Waals surface area contributed by atoms with Gasteiger partial charge in [0, 0.05) is 19.8 Å². The summed E-state index contributed by atoms with van der Waals surface area (Å²) in [6.07, 6.45) is 1.38. The standard InChI is InChI=1S/C12H16N4O2S/c1-9-4-3-5-10(6-9)7-14-19(17,18)11-8-16(2)15-12(11)13/h3-6,8,14H,7H2,1-2H3,(H2,13,15). The molecule has 0 aliphatic rings. The van der Waals surface area contributed by atoms with Crippen molar-refractivity contribution >= 4 is 15.8 Å². The van der Waals surface area contributed by atoms with E-state index in [0.29, 0.717) is 0 Å². The van der Waals surface area contributed by atoms with Crippen LogP contribution in [0.3, 0.4) is 0 Å². The maximum atomic E-state index is 12.1. The van der Waals surface area contributed by atoms with E-state index in [9.17, 15) is 8.42 Å². The first-order valence-corrected chi connectivity index (χ1v) is 7.21. The van der Waals surface area contributed by atoms with Crippen LogP contribution in [0.25, 0.3) is 0 Å². The van der Waals surface area contributed by atoms with Crippen molar-refractivity contribution in [3.63, 3.8) is 0 Å². The number of hydrogen-bond acceptors (Lipinski definition) is 4. The molecule has 0 bridgehead atoms. The van der Waals surface area contributed by atoms with Crippen LogP contribution in [0, 0.1) is 6.92 Å². The summed E-state index contributed by atoms with van der Waals surface area (Å²) in [5, 5.41) is 3.82. The van der Waals surface area contributed by atoms with Crippen LogP contribution in [0.15, 0.2) is 35.4 Å². The number of benzene rings is 1. The number of rotatable bonds is 4. The summed E-state index contributed by atoms with van der Waals surface area (Å²) in [6.45, 7) is 2.18. The van der Waals surface area contributed by atoms with Crippen molar-refractivity contribution in [1.82, 2.24) is 14.5 Å². The molecule has 0 saturated carbocycles. The minimum absolute atomic E-state index is 0.000702. The lowest BCUT2D eigenvalue weighted by Crippen LogP contribution is -2.23. The first-order chi connectivity index (χ1) is 8.88. The first kappa shape index (κ1) is 13.6. The summed E-state index contributed by atoms with van der Waals surface area (Å²) in [5.74, 6) is -0.000702. The molecule has 0 amide bonds. The van der Waals surface area contributed by atoms with Crippen molar-refractivity contribution < 1.29 is 8.42 Å². The minimum atomic E-state index is -3.64. The summed E-state index contributed by atoms with van der Waals surface area (Å²) in [4.78, 5) is 0.00246. The number of nitrogen functional groups attached to an aromatic ring is 1. The second kappa shape index (κ2) is 5.02. The van der Waals surface area contributed by atoms with Crippen LogP contribution in [0.5, 0.6) is 0 Å². The molecular formula is C12H16N4O2S. The van der Waals surface area contributed by atoms with E-state index in [1.165, 1.54) is 10.9 Å². The maximum Gasteiger partial charge on any atom is 0.246 e. The Morgan fingerprint density at radius 3 is 2.74 bits per heavy atom. The van der Waals surface area contributed by atoms with Crippen molar-refractivity contribution in [2.75, 3.05) is 5.73 Å². The van der Waals surface area contributed by atoms with Gasteiger partial charge in [0.25, 0.3) is 0 Å². The Bertz CT molecular complexity index is 692. The quantitative estimate of drug-likeness (QED) is 0.866. The molecule has 19 heavy (non-hydrogen) atoms. The average molecular weight is 280 g/mol. The van der Waals surface area contributed by atoms with Gasteiger partial charge in [0.15, 0.2) is 5.82 Å². The lowest BCUT2D eigenvalue weighted by Gasteiger charge is -2.06. The smallest absolute Gasteiger partial charge is 0.246 e. The largest absolute Gasteiger partial charge is 0.381 e. The third-order valence-electron chi connectivity index (χ3n) is 2.66. The first-order valence-electron chi connectivity index (χ1n) is 5.73. The summed E-state index contributed by atoms with van der Waals surface area (Å²) in [7, 11) is -2.02. The number of nitrogens with one attached hydrogen (secondary N) is 1. The Hall–Kier alpha value is -1.86. The van der Waals surface area contributed by atoms with Gasteiger partial charge in [-0.15, -0.1) is 0 Å². The van der Waals surface area contributed by atoms with Crippen molar-refractivity contribution in [2.24, 2.45) is 7.05 Å². The number of hydrogen-bond donors (Lipinski definition) is 2. The molecule has 3 N–H and O–H groups in total. The molecule has 7 heteroatoms. The molecule has 6 nitrogen and oxygen atoms in total. The van der Waals surface area contributed by atoms with Gasteiger partial charge in [-0.1, -0.05) is 29.8 Å². The van der Waals surface area contributed by atoms with E-state index in [4.69, 9.17) is 5.73 Å². The molecule has 0 saturated heterocycles. The van der Waals surface area contributed by atoms with Crippen LogP contribution < -0.4 is 10.5 Å². The van der Waals surface area contributed by atoms with Crippen molar-refractivity contribution in [2.45, 2.75) is 18.4 Å². The van der Waals surface area contributed by atoms with Gasteiger partial charge in [0.2, 0.25) is 10.0 Å². The van der Waals surface area contributed by atoms with Crippen molar-refractivity contribution in [3.05, 3.63) is 41.6 Å². The lowest BCUT2D eigenvalue weighted by molar-refractivity contribution is 0.581. The zero-order valence-corrected chi connectivity index (χ0v) is 11.6. The van der Waals surface area contributed by atoms with Crippen molar-refractivity contribution in [1.29, 1.82) is 0 Å². The fourth-order valence-electron chi connectivity index (χ4n) is 1.77. The Morgan fingerprint density at radius 2 is 2.16 bits per heavy atom. The Balaban J connectivity index is 2.16. The molecule has 0 aliphatic carbocycles. The van der Waals surface area contributed by atoms with E-state index in [2.05, 4.69) is 9.82 Å². The van der Waals surface area contributed by atoms with Crippen LogP contribution in [0.4, 0.5) is 5.82 Å². The van der Waals surface area contributed by atoms with Gasteiger partial charge in [-0.05, 0) is 12.5 Å². The summed E-state index contributed by atoms with van der Waals surface area (Å²) < 4.78 is 28.0. The second-order valence-corrected chi connectivity index (χ2v) is 6.10. The topological polar surface area (TPSA) is 90.0 Å². The number of aromatic nitrogens is 2. The molecule has 2 aromatic rings. The molecule has 102 valence electrons. The van der Waals surface area contributed by atoms with Gasteiger partial charge >= 0.3 is 0 Å². The van der Waals surface area contributed by atoms with E-state index in [-0.39, 0.29) is 17.3 Å². The molecule has 0 radical (unpaired) electrons. The van der Waals surface area contributed by atoms with Crippen LogP contribution >= 0.6 is 0 Å². The van der Waals surface area contributed by atoms with Gasteiger partial charge in [-0.3, -0.25) is 4.68 Å². The molecule has 1 aromatic carbocycles. The van der Waals surface area contributed by atoms with Gasteiger partial charge < -0.3 is 5.73 Å². The molecule has 2 rings (SSSR count). The van der Waals surface area contributed by atoms with E-state index in [1.54, 1.807) is 7.05 Å². The highest BCUT2D eigenvalue weighted by atomic mass is 32.2. The molecule has 1 heterocycles. The molecular weight excluding hydrogens is 264 g/mol. The fraction of sp³-hybridized carbons (Fsp3) is 0.250. The summed E-state index contributed by atoms with van der Waals surface area (Å²) in [5.41, 5.74) is 7.55. The highest BCUT2D eigenvalue weighted by Gasteiger charge is 2.20. The van der Waals surface area contributed by atoms with E-state index in [1.807, 2.05) is 31.2 Å². The maximum absolute atomic E-state index is 12.1. The Morgan fingerprint density at radius 1 is 1.42 bits per heavy atom. The van der Waals surface area contributed by atoms with Gasteiger partial charge in [0.05, 0.1) is 0 Å². The van der Waals surface area contributed by atoms with Gasteiger partial charge in [-0.2, -0.15) is 5.10 Å². The minimum Gasteiger partial charge on any atom is -0.381 e. The number of sulfonamides is 1. The number of nitrogens with zero attached hydrogens (tertiary/aromatic N) is 2. The molecule has 0 spiro atoms. The average Bonchev–Trinajstić information content (AvgIpc) is 2.67. The zero-order valence-electron chi connectivity index (χ0n) is 10.8. The third-order valence-corrected chi connectivity index (χ3v) is 4.08. The highest BCUT2D eigenvalue weighted by Crippen LogP contribution is 2.15. The number of anilines is 1. The normalized spacial score (nSPS) is 11.7. The third kappa shape index (κ3) is 3.12. The SMILES string of the molecule is Cc1cccc(CNS(=O)(=O)c2cn(C)nc2N)c1. The molecule has 0 atom stereocenters. The van der Waals surface area contributed by atoms with Gasteiger partial charge in [0.1, 0.15) is 4.90 Å². The van der Waals surface area contributed by atoms with Gasteiger partial charge in [-0.25, -0.2) is 13.1 Å². The van der Waals surface area contributed by atoms with Crippen LogP contribution in [0.1, 0.15) is 11.1 Å². The lowest BCUT2D eigenvalue weighted by atomic mass is 10.1. The predicted molar refractivity (Wildman–Crippen MR) is 72.8 cm³/mol. The van der Waals surface area contributed by atoms with Crippen molar-refractivity contribution in [3.8, 4) is 0 Å². The van der Waals surface area contributed by atoms with Crippen LogP contribution in [-0.2, 0) is 23.6 Å². The zero-order chi connectivity index (χ0) is 14.0. The van der Waals surface area contributed by atoms with E-state index >= 15 is 0 Å². The second-order valence-electron chi connectivity index (χ2n) is 4.37. The summed E-state index contributed by atoms with van der Waals surface area (Å²) >= 11 is 0. The van der Waals surface area contributed by atoms with E-state index in [0.717, 1.165) is 11.1 Å². The Labute approximate surface area is 112 Å². The van der Waals surface area contributed by atoms with Crippen LogP contribution in [0.2, 0.25) is 0 Å². The summed E-state index contributed by atoms with van der Waals surface area (Å²) in [6, 6.07) is 7.63. The molecule has 0 fully saturated rings. The predicted octanol–water partition coefficient (Wildman–Crippen LogP) is 0.789. The molecule has 0 unspecified atom stereocenters. The van der Waals surface area contributed by atoms with E-state index < -0.39 is 10.0 Å².